The summed E-state index contributed by atoms with van der Waals surface area (Å²) < 4.78 is 0. The molecular weight excluding hydrogens is 256 g/mol. The van der Waals surface area contributed by atoms with Crippen LogP contribution in [-0.4, -0.2) is 12.1 Å². The molecule has 0 N–H and O–H groups in total. The highest BCUT2D eigenvalue weighted by atomic mass is 32.1. The molecule has 0 spiro atoms. The van der Waals surface area contributed by atoms with Crippen molar-refractivity contribution in [2.45, 2.75) is 13.8 Å². The zero-order valence-corrected chi connectivity index (χ0v) is 11.7. The maximum atomic E-state index is 12.0. The Labute approximate surface area is 116 Å². The lowest BCUT2D eigenvalue weighted by atomic mass is 10.1. The predicted molar refractivity (Wildman–Crippen MR) is 79.0 cm³/mol. The van der Waals surface area contributed by atoms with Gasteiger partial charge in [-0.3, -0.25) is 9.59 Å². The Morgan fingerprint density at radius 1 is 1.11 bits per heavy atom. The number of aldehydes is 1. The van der Waals surface area contributed by atoms with Gasteiger partial charge in [0.2, 0.25) is 0 Å². The van der Waals surface area contributed by atoms with Crippen molar-refractivity contribution < 1.29 is 9.59 Å². The van der Waals surface area contributed by atoms with Crippen LogP contribution >= 0.6 is 11.3 Å². The predicted octanol–water partition coefficient (Wildman–Crippen LogP) is 4.07. The third-order valence-electron chi connectivity index (χ3n) is 2.81. The quantitative estimate of drug-likeness (QED) is 0.476. The Bertz CT molecular complexity index is 633. The summed E-state index contributed by atoms with van der Waals surface area (Å²) in [5.41, 5.74) is 2.31. The van der Waals surface area contributed by atoms with Gasteiger partial charge in [0.25, 0.3) is 0 Å². The molecule has 0 aliphatic heterocycles. The lowest BCUT2D eigenvalue weighted by Crippen LogP contribution is -1.93. The Morgan fingerprint density at radius 2 is 1.74 bits per heavy atom. The molecule has 0 saturated carbocycles. The molecule has 2 nitrogen and oxygen atoms in total. The van der Waals surface area contributed by atoms with E-state index in [0.717, 1.165) is 27.2 Å². The fraction of sp³-hybridized carbons (Fsp3) is 0.125. The second-order valence-electron chi connectivity index (χ2n) is 4.31. The van der Waals surface area contributed by atoms with E-state index in [1.54, 1.807) is 35.6 Å². The van der Waals surface area contributed by atoms with Crippen molar-refractivity contribution in [2.75, 3.05) is 0 Å². The number of ketones is 1. The third kappa shape index (κ3) is 3.26. The van der Waals surface area contributed by atoms with E-state index in [2.05, 4.69) is 0 Å². The van der Waals surface area contributed by atoms with Gasteiger partial charge in [0.15, 0.2) is 5.78 Å². The molecule has 96 valence electrons. The zero-order chi connectivity index (χ0) is 13.8. The molecule has 0 atom stereocenters. The second-order valence-corrected chi connectivity index (χ2v) is 5.77. The van der Waals surface area contributed by atoms with Crippen LogP contribution in [0.2, 0.25) is 0 Å². The van der Waals surface area contributed by atoms with Crippen LogP contribution in [0.4, 0.5) is 0 Å². The highest BCUT2D eigenvalue weighted by molar-refractivity contribution is 7.12. The molecule has 1 aromatic carbocycles. The van der Waals surface area contributed by atoms with Gasteiger partial charge in [-0.1, -0.05) is 30.3 Å². The van der Waals surface area contributed by atoms with Gasteiger partial charge in [-0.15, -0.1) is 11.3 Å². The van der Waals surface area contributed by atoms with Crippen LogP contribution in [0.1, 0.15) is 36.0 Å². The average Bonchev–Trinajstić information content (AvgIpc) is 2.75. The molecule has 0 aliphatic carbocycles. The minimum absolute atomic E-state index is 0.0151. The fourth-order valence-corrected chi connectivity index (χ4v) is 2.75. The number of aryl methyl sites for hydroxylation is 2. The summed E-state index contributed by atoms with van der Waals surface area (Å²) >= 11 is 1.63. The van der Waals surface area contributed by atoms with Crippen molar-refractivity contribution in [3.8, 4) is 0 Å². The number of thiophene rings is 1. The van der Waals surface area contributed by atoms with Crippen LogP contribution in [0, 0.1) is 13.8 Å². The first-order valence-electron chi connectivity index (χ1n) is 5.95. The van der Waals surface area contributed by atoms with E-state index in [9.17, 15) is 9.59 Å². The van der Waals surface area contributed by atoms with Gasteiger partial charge in [0, 0.05) is 20.9 Å². The van der Waals surface area contributed by atoms with Crippen LogP contribution in [0.3, 0.4) is 0 Å². The van der Waals surface area contributed by atoms with Crippen LogP contribution in [0.15, 0.2) is 36.4 Å². The highest BCUT2D eigenvalue weighted by Crippen LogP contribution is 2.21. The van der Waals surface area contributed by atoms with Gasteiger partial charge < -0.3 is 0 Å². The van der Waals surface area contributed by atoms with Gasteiger partial charge in [0.05, 0.1) is 0 Å². The normalized spacial score (nSPS) is 10.8. The van der Waals surface area contributed by atoms with Gasteiger partial charge in [-0.2, -0.15) is 0 Å². The number of benzene rings is 1. The molecule has 1 heterocycles. The Balaban J connectivity index is 2.15. The van der Waals surface area contributed by atoms with Crippen molar-refractivity contribution in [2.24, 2.45) is 0 Å². The largest absolute Gasteiger partial charge is 0.298 e. The fourth-order valence-electron chi connectivity index (χ4n) is 1.82. The Kier molecular flexibility index (Phi) is 4.07. The van der Waals surface area contributed by atoms with E-state index in [1.165, 1.54) is 0 Å². The van der Waals surface area contributed by atoms with Gasteiger partial charge in [0.1, 0.15) is 6.29 Å². The van der Waals surface area contributed by atoms with E-state index in [4.69, 9.17) is 0 Å². The zero-order valence-electron chi connectivity index (χ0n) is 10.8. The lowest BCUT2D eigenvalue weighted by Gasteiger charge is -1.95. The van der Waals surface area contributed by atoms with Crippen molar-refractivity contribution in [3.63, 3.8) is 0 Å². The summed E-state index contributed by atoms with van der Waals surface area (Å²) in [7, 11) is 0. The molecule has 0 saturated heterocycles. The molecule has 0 aliphatic rings. The van der Waals surface area contributed by atoms with Gasteiger partial charge in [-0.05, 0) is 31.6 Å². The van der Waals surface area contributed by atoms with Gasteiger partial charge >= 0.3 is 0 Å². The molecule has 3 heteroatoms. The minimum atomic E-state index is 0.0151. The van der Waals surface area contributed by atoms with Crippen LogP contribution in [0.5, 0.6) is 0 Å². The summed E-state index contributed by atoms with van der Waals surface area (Å²) in [6, 6.07) is 9.02. The molecule has 19 heavy (non-hydrogen) atoms. The Hall–Kier alpha value is -2.00. The molecule has 0 fully saturated rings. The van der Waals surface area contributed by atoms with Crippen molar-refractivity contribution >= 4 is 29.5 Å². The maximum Gasteiger partial charge on any atom is 0.186 e. The smallest absolute Gasteiger partial charge is 0.186 e. The lowest BCUT2D eigenvalue weighted by molar-refractivity contribution is 0.104. The third-order valence-corrected chi connectivity index (χ3v) is 3.77. The van der Waals surface area contributed by atoms with Crippen LogP contribution in [0.25, 0.3) is 6.08 Å². The Morgan fingerprint density at radius 3 is 2.26 bits per heavy atom. The summed E-state index contributed by atoms with van der Waals surface area (Å²) in [6.07, 6.45) is 4.14. The van der Waals surface area contributed by atoms with Crippen LogP contribution in [-0.2, 0) is 0 Å². The maximum absolute atomic E-state index is 12.0. The average molecular weight is 270 g/mol. The van der Waals surface area contributed by atoms with Crippen molar-refractivity contribution in [1.29, 1.82) is 0 Å². The van der Waals surface area contributed by atoms with Crippen LogP contribution < -0.4 is 0 Å². The SMILES string of the molecule is Cc1cc(C(=O)/C=C/c2ccc(C=O)cc2)c(C)s1. The molecule has 0 unspecified atom stereocenters. The van der Waals surface area contributed by atoms with E-state index in [0.29, 0.717) is 5.56 Å². The standard InChI is InChI=1S/C16H14O2S/c1-11-9-15(12(2)19-11)16(18)8-7-13-3-5-14(10-17)6-4-13/h3-10H,1-2H3/b8-7+. The first-order chi connectivity index (χ1) is 9.10. The molecule has 2 aromatic rings. The van der Waals surface area contributed by atoms with E-state index >= 15 is 0 Å². The molecule has 0 radical (unpaired) electrons. The molecule has 0 bridgehead atoms. The second kappa shape index (κ2) is 5.76. The van der Waals surface area contributed by atoms with E-state index < -0.39 is 0 Å². The van der Waals surface area contributed by atoms with E-state index in [-0.39, 0.29) is 5.78 Å². The summed E-state index contributed by atoms with van der Waals surface area (Å²) in [5, 5.41) is 0. The monoisotopic (exact) mass is 270 g/mol. The molecule has 0 amide bonds. The number of hydrogen-bond acceptors (Lipinski definition) is 3. The molecular formula is C16H14O2S. The molecule has 2 rings (SSSR count). The van der Waals surface area contributed by atoms with E-state index in [1.807, 2.05) is 32.0 Å². The minimum Gasteiger partial charge on any atom is -0.298 e. The summed E-state index contributed by atoms with van der Waals surface area (Å²) in [4.78, 5) is 24.8. The van der Waals surface area contributed by atoms with Crippen molar-refractivity contribution in [3.05, 3.63) is 62.9 Å². The topological polar surface area (TPSA) is 34.1 Å². The first-order valence-corrected chi connectivity index (χ1v) is 6.76. The number of rotatable bonds is 4. The highest BCUT2D eigenvalue weighted by Gasteiger charge is 2.08. The number of carbonyl (C=O) groups excluding carboxylic acids is 2. The number of hydrogen-bond donors (Lipinski definition) is 0. The first kappa shape index (κ1) is 13.4. The van der Waals surface area contributed by atoms with Crippen molar-refractivity contribution in [1.82, 2.24) is 0 Å². The summed E-state index contributed by atoms with van der Waals surface area (Å²) in [5.74, 6) is 0.0151. The van der Waals surface area contributed by atoms with Gasteiger partial charge in [-0.25, -0.2) is 0 Å². The number of allylic oxidation sites excluding steroid dienone is 1. The number of carbonyl (C=O) groups is 2. The summed E-state index contributed by atoms with van der Waals surface area (Å²) in [6.45, 7) is 3.95. The molecule has 1 aromatic heterocycles.